The summed E-state index contributed by atoms with van der Waals surface area (Å²) in [5.41, 5.74) is 2.37. The van der Waals surface area contributed by atoms with Gasteiger partial charge in [-0.1, -0.05) is 24.3 Å². The topological polar surface area (TPSA) is 75.2 Å². The van der Waals surface area contributed by atoms with Crippen LogP contribution in [0.4, 0.5) is 5.82 Å². The van der Waals surface area contributed by atoms with Crippen molar-refractivity contribution < 1.29 is 8.42 Å². The van der Waals surface area contributed by atoms with Gasteiger partial charge in [0, 0.05) is 38.6 Å². The molecule has 1 N–H and O–H groups in total. The summed E-state index contributed by atoms with van der Waals surface area (Å²) in [6, 6.07) is 8.35. The first-order chi connectivity index (χ1) is 11.1. The molecule has 0 saturated carbocycles. The number of anilines is 1. The van der Waals surface area contributed by atoms with Gasteiger partial charge in [0.15, 0.2) is 9.84 Å². The van der Waals surface area contributed by atoms with Gasteiger partial charge in [-0.15, -0.1) is 0 Å². The van der Waals surface area contributed by atoms with Crippen LogP contribution in [0.1, 0.15) is 11.1 Å². The number of aromatic nitrogens is 2. The summed E-state index contributed by atoms with van der Waals surface area (Å²) < 4.78 is 22.9. The summed E-state index contributed by atoms with van der Waals surface area (Å²) >= 11 is 0. The molecule has 1 aromatic heterocycles. The predicted molar refractivity (Wildman–Crippen MR) is 89.7 cm³/mol. The Hall–Kier alpha value is -1.99. The summed E-state index contributed by atoms with van der Waals surface area (Å²) in [6.45, 7) is 2.74. The number of sulfone groups is 1. The Morgan fingerprint density at radius 2 is 1.74 bits per heavy atom. The van der Waals surface area contributed by atoms with Gasteiger partial charge in [-0.05, 0) is 11.1 Å². The third kappa shape index (κ3) is 4.74. The Bertz CT molecular complexity index is 718. The summed E-state index contributed by atoms with van der Waals surface area (Å²) in [5.74, 6) is 1.30. The van der Waals surface area contributed by atoms with Crippen LogP contribution in [0.15, 0.2) is 42.9 Å². The van der Waals surface area contributed by atoms with Crippen LogP contribution in [0, 0.1) is 0 Å². The first kappa shape index (κ1) is 15.9. The van der Waals surface area contributed by atoms with Crippen LogP contribution < -0.4 is 5.32 Å². The van der Waals surface area contributed by atoms with Crippen LogP contribution in [-0.4, -0.2) is 47.9 Å². The lowest BCUT2D eigenvalue weighted by Gasteiger charge is -2.26. The number of hydrogen-bond acceptors (Lipinski definition) is 6. The lowest BCUT2D eigenvalue weighted by molar-refractivity contribution is 0.287. The maximum atomic E-state index is 11.4. The minimum absolute atomic E-state index is 0.271. The Balaban J connectivity index is 1.51. The molecule has 1 aliphatic heterocycles. The molecule has 1 saturated heterocycles. The Labute approximate surface area is 136 Å². The van der Waals surface area contributed by atoms with Crippen molar-refractivity contribution >= 4 is 15.7 Å². The maximum absolute atomic E-state index is 11.4. The second-order valence-corrected chi connectivity index (χ2v) is 7.99. The molecular formula is C16H20N4O2S. The highest BCUT2D eigenvalue weighted by molar-refractivity contribution is 7.91. The number of rotatable bonds is 5. The van der Waals surface area contributed by atoms with Gasteiger partial charge in [0.1, 0.15) is 5.82 Å². The Morgan fingerprint density at radius 1 is 1.04 bits per heavy atom. The molecule has 0 unspecified atom stereocenters. The van der Waals surface area contributed by atoms with E-state index in [2.05, 4.69) is 44.5 Å². The molecule has 0 radical (unpaired) electrons. The Kier molecular flexibility index (Phi) is 4.88. The van der Waals surface area contributed by atoms with Crippen molar-refractivity contribution in [2.75, 3.05) is 29.9 Å². The number of benzene rings is 1. The van der Waals surface area contributed by atoms with E-state index in [1.807, 2.05) is 0 Å². The smallest absolute Gasteiger partial charge is 0.152 e. The molecule has 2 heterocycles. The van der Waals surface area contributed by atoms with Crippen molar-refractivity contribution in [1.82, 2.24) is 14.9 Å². The zero-order chi connectivity index (χ0) is 16.1. The van der Waals surface area contributed by atoms with Crippen LogP contribution in [-0.2, 0) is 22.9 Å². The highest BCUT2D eigenvalue weighted by Crippen LogP contribution is 2.12. The highest BCUT2D eigenvalue weighted by Gasteiger charge is 2.21. The zero-order valence-corrected chi connectivity index (χ0v) is 13.7. The van der Waals surface area contributed by atoms with Gasteiger partial charge in [0.25, 0.3) is 0 Å². The van der Waals surface area contributed by atoms with E-state index in [4.69, 9.17) is 0 Å². The fourth-order valence-electron chi connectivity index (χ4n) is 2.51. The molecule has 0 amide bonds. The van der Waals surface area contributed by atoms with Gasteiger partial charge >= 0.3 is 0 Å². The fourth-order valence-corrected chi connectivity index (χ4v) is 3.79. The molecule has 0 aliphatic carbocycles. The minimum Gasteiger partial charge on any atom is -0.365 e. The van der Waals surface area contributed by atoms with Crippen molar-refractivity contribution in [2.45, 2.75) is 13.1 Å². The van der Waals surface area contributed by atoms with E-state index in [9.17, 15) is 8.42 Å². The SMILES string of the molecule is O=S1(=O)CCN(Cc2ccc(CNc3cnccn3)cc2)CC1. The summed E-state index contributed by atoms with van der Waals surface area (Å²) in [4.78, 5) is 10.4. The van der Waals surface area contributed by atoms with Crippen LogP contribution in [0.2, 0.25) is 0 Å². The third-order valence-corrected chi connectivity index (χ3v) is 5.51. The standard InChI is InChI=1S/C16H20N4O2S/c21-23(22)9-7-20(8-10-23)13-15-3-1-14(2-4-15)11-19-16-12-17-5-6-18-16/h1-6,12H,7-11,13H2,(H,18,19). The lowest BCUT2D eigenvalue weighted by atomic mass is 10.1. The first-order valence-corrected chi connectivity index (χ1v) is 9.43. The van der Waals surface area contributed by atoms with E-state index in [1.165, 1.54) is 11.1 Å². The van der Waals surface area contributed by atoms with Crippen LogP contribution >= 0.6 is 0 Å². The monoisotopic (exact) mass is 332 g/mol. The molecule has 0 bridgehead atoms. The zero-order valence-electron chi connectivity index (χ0n) is 12.9. The highest BCUT2D eigenvalue weighted by atomic mass is 32.2. The van der Waals surface area contributed by atoms with Crippen molar-refractivity contribution in [3.05, 3.63) is 54.0 Å². The average Bonchev–Trinajstić information content (AvgIpc) is 2.57. The van der Waals surface area contributed by atoms with Gasteiger partial charge < -0.3 is 5.32 Å². The molecule has 1 fully saturated rings. The number of nitrogens with one attached hydrogen (secondary N) is 1. The molecule has 1 aromatic carbocycles. The van der Waals surface area contributed by atoms with Crippen molar-refractivity contribution in [1.29, 1.82) is 0 Å². The number of hydrogen-bond donors (Lipinski definition) is 1. The van der Waals surface area contributed by atoms with E-state index in [1.54, 1.807) is 18.6 Å². The first-order valence-electron chi connectivity index (χ1n) is 7.61. The average molecular weight is 332 g/mol. The summed E-state index contributed by atoms with van der Waals surface area (Å²) in [7, 11) is -2.81. The quantitative estimate of drug-likeness (QED) is 0.890. The van der Waals surface area contributed by atoms with E-state index < -0.39 is 9.84 Å². The molecule has 2 aromatic rings. The fraction of sp³-hybridized carbons (Fsp3) is 0.375. The van der Waals surface area contributed by atoms with Crippen LogP contribution in [0.5, 0.6) is 0 Å². The molecule has 1 aliphatic rings. The van der Waals surface area contributed by atoms with E-state index in [0.29, 0.717) is 19.6 Å². The van der Waals surface area contributed by atoms with Gasteiger partial charge in [-0.25, -0.2) is 13.4 Å². The van der Waals surface area contributed by atoms with Crippen molar-refractivity contribution in [2.24, 2.45) is 0 Å². The van der Waals surface area contributed by atoms with Crippen LogP contribution in [0.25, 0.3) is 0 Å². The lowest BCUT2D eigenvalue weighted by Crippen LogP contribution is -2.39. The molecule has 122 valence electrons. The molecule has 0 atom stereocenters. The molecule has 6 nitrogen and oxygen atoms in total. The van der Waals surface area contributed by atoms with E-state index in [0.717, 1.165) is 12.4 Å². The molecular weight excluding hydrogens is 312 g/mol. The molecule has 3 rings (SSSR count). The second-order valence-electron chi connectivity index (χ2n) is 5.69. The normalized spacial score (nSPS) is 17.7. The minimum atomic E-state index is -2.81. The van der Waals surface area contributed by atoms with E-state index >= 15 is 0 Å². The molecule has 0 spiro atoms. The predicted octanol–water partition coefficient (Wildman–Crippen LogP) is 1.32. The largest absolute Gasteiger partial charge is 0.365 e. The Morgan fingerprint density at radius 3 is 2.39 bits per heavy atom. The number of nitrogens with zero attached hydrogens (tertiary/aromatic N) is 3. The summed E-state index contributed by atoms with van der Waals surface area (Å²) in [6.07, 6.45) is 4.99. The molecule has 7 heteroatoms. The van der Waals surface area contributed by atoms with Gasteiger partial charge in [0.05, 0.1) is 17.7 Å². The summed E-state index contributed by atoms with van der Waals surface area (Å²) in [5, 5.41) is 3.22. The van der Waals surface area contributed by atoms with Gasteiger partial charge in [0.2, 0.25) is 0 Å². The molecule has 23 heavy (non-hydrogen) atoms. The third-order valence-electron chi connectivity index (χ3n) is 3.90. The maximum Gasteiger partial charge on any atom is 0.152 e. The van der Waals surface area contributed by atoms with Crippen molar-refractivity contribution in [3.8, 4) is 0 Å². The van der Waals surface area contributed by atoms with Gasteiger partial charge in [-0.2, -0.15) is 0 Å². The second kappa shape index (κ2) is 7.06. The van der Waals surface area contributed by atoms with Crippen molar-refractivity contribution in [3.63, 3.8) is 0 Å². The van der Waals surface area contributed by atoms with E-state index in [-0.39, 0.29) is 11.5 Å². The van der Waals surface area contributed by atoms with Crippen LogP contribution in [0.3, 0.4) is 0 Å². The van der Waals surface area contributed by atoms with Gasteiger partial charge in [-0.3, -0.25) is 9.88 Å².